The van der Waals surface area contributed by atoms with Crippen molar-refractivity contribution in [3.63, 3.8) is 0 Å². The fraction of sp³-hybridized carbons (Fsp3) is 0.316. The number of fused-ring (bicyclic) bond motifs is 1. The number of nitrogens with two attached hydrogens (primary N) is 1. The molecule has 0 atom stereocenters. The molecule has 3 aromatic rings. The molecule has 0 unspecified atom stereocenters. The Hall–Kier alpha value is -1.62. The van der Waals surface area contributed by atoms with Crippen LogP contribution in [0, 0.1) is 0 Å². The van der Waals surface area contributed by atoms with Gasteiger partial charge in [0.2, 0.25) is 0 Å². The Labute approximate surface area is 152 Å². The molecule has 0 amide bonds. The molecule has 5 heteroatoms. The zero-order valence-electron chi connectivity index (χ0n) is 13.4. The minimum Gasteiger partial charge on any atom is -0.490 e. The van der Waals surface area contributed by atoms with Gasteiger partial charge in [0.25, 0.3) is 0 Å². The molecule has 126 valence electrons. The van der Waals surface area contributed by atoms with Crippen LogP contribution in [0.1, 0.15) is 25.7 Å². The van der Waals surface area contributed by atoms with Crippen LogP contribution in [0.25, 0.3) is 21.2 Å². The van der Waals surface area contributed by atoms with Crippen LogP contribution >= 0.6 is 23.7 Å². The lowest BCUT2D eigenvalue weighted by molar-refractivity contribution is 0.148. The predicted octanol–water partition coefficient (Wildman–Crippen LogP) is 5.03. The van der Waals surface area contributed by atoms with Crippen LogP contribution in [0.4, 0.5) is 0 Å². The van der Waals surface area contributed by atoms with E-state index in [2.05, 4.69) is 40.7 Å². The van der Waals surface area contributed by atoms with E-state index < -0.39 is 0 Å². The lowest BCUT2D eigenvalue weighted by Gasteiger charge is -2.27. The van der Waals surface area contributed by atoms with Gasteiger partial charge in [-0.3, -0.25) is 4.98 Å². The number of hydrogen-bond donors (Lipinski definition) is 1. The summed E-state index contributed by atoms with van der Waals surface area (Å²) in [6, 6.07) is 10.9. The maximum Gasteiger partial charge on any atom is 0.129 e. The average molecular weight is 361 g/mol. The quantitative estimate of drug-likeness (QED) is 0.712. The number of rotatable bonds is 3. The molecule has 1 saturated carbocycles. The molecule has 2 aromatic heterocycles. The molecule has 1 aliphatic carbocycles. The molecule has 0 bridgehead atoms. The highest BCUT2D eigenvalue weighted by Crippen LogP contribution is 2.40. The molecule has 3 nitrogen and oxygen atoms in total. The first-order valence-electron chi connectivity index (χ1n) is 8.14. The van der Waals surface area contributed by atoms with Gasteiger partial charge in [-0.1, -0.05) is 6.07 Å². The lowest BCUT2D eigenvalue weighted by Crippen LogP contribution is -2.31. The number of aromatic nitrogens is 1. The monoisotopic (exact) mass is 360 g/mol. The molecule has 1 aromatic carbocycles. The summed E-state index contributed by atoms with van der Waals surface area (Å²) < 4.78 is 6.40. The number of ether oxygens (including phenoxy) is 1. The van der Waals surface area contributed by atoms with Crippen molar-refractivity contribution in [2.75, 3.05) is 0 Å². The third-order valence-corrected chi connectivity index (χ3v) is 5.45. The van der Waals surface area contributed by atoms with E-state index in [1.54, 1.807) is 11.3 Å². The zero-order chi connectivity index (χ0) is 15.6. The van der Waals surface area contributed by atoms with Crippen molar-refractivity contribution in [3.8, 4) is 16.2 Å². The maximum absolute atomic E-state index is 6.40. The van der Waals surface area contributed by atoms with Gasteiger partial charge in [-0.15, -0.1) is 23.7 Å². The Morgan fingerprint density at radius 3 is 2.67 bits per heavy atom. The SMILES string of the molecule is Cl.NC1CCC(Oc2ccc3cnccc3c2-c2cccs2)CC1. The first-order valence-corrected chi connectivity index (χ1v) is 9.02. The average Bonchev–Trinajstić information content (AvgIpc) is 3.11. The molecule has 0 saturated heterocycles. The number of nitrogens with zero attached hydrogens (tertiary/aromatic N) is 1. The van der Waals surface area contributed by atoms with Crippen molar-refractivity contribution in [1.29, 1.82) is 0 Å². The Balaban J connectivity index is 0.00000169. The molecule has 2 heterocycles. The van der Waals surface area contributed by atoms with Crippen LogP contribution in [-0.4, -0.2) is 17.1 Å². The van der Waals surface area contributed by atoms with Crippen molar-refractivity contribution >= 4 is 34.5 Å². The van der Waals surface area contributed by atoms with Gasteiger partial charge in [0.1, 0.15) is 5.75 Å². The van der Waals surface area contributed by atoms with Gasteiger partial charge in [0, 0.05) is 34.3 Å². The van der Waals surface area contributed by atoms with Gasteiger partial charge in [0.15, 0.2) is 0 Å². The van der Waals surface area contributed by atoms with E-state index in [-0.39, 0.29) is 18.5 Å². The lowest BCUT2D eigenvalue weighted by atomic mass is 9.93. The topological polar surface area (TPSA) is 48.1 Å². The van der Waals surface area contributed by atoms with E-state index in [1.807, 2.05) is 12.4 Å². The molecule has 0 spiro atoms. The molecule has 1 fully saturated rings. The molecular formula is C19H21ClN2OS. The first-order chi connectivity index (χ1) is 11.3. The van der Waals surface area contributed by atoms with Gasteiger partial charge in [-0.25, -0.2) is 0 Å². The summed E-state index contributed by atoms with van der Waals surface area (Å²) in [5, 5.41) is 4.46. The van der Waals surface area contributed by atoms with Crippen molar-refractivity contribution in [2.24, 2.45) is 5.73 Å². The van der Waals surface area contributed by atoms with E-state index >= 15 is 0 Å². The summed E-state index contributed by atoms with van der Waals surface area (Å²) in [7, 11) is 0. The van der Waals surface area contributed by atoms with Gasteiger partial charge >= 0.3 is 0 Å². The summed E-state index contributed by atoms with van der Waals surface area (Å²) in [6.07, 6.45) is 8.22. The van der Waals surface area contributed by atoms with Crippen LogP contribution in [-0.2, 0) is 0 Å². The Morgan fingerprint density at radius 2 is 1.92 bits per heavy atom. The van der Waals surface area contributed by atoms with E-state index in [0.717, 1.165) is 36.8 Å². The van der Waals surface area contributed by atoms with E-state index in [1.165, 1.54) is 15.8 Å². The summed E-state index contributed by atoms with van der Waals surface area (Å²) >= 11 is 1.75. The Kier molecular flexibility index (Phi) is 5.39. The summed E-state index contributed by atoms with van der Waals surface area (Å²) in [4.78, 5) is 5.48. The second-order valence-electron chi connectivity index (χ2n) is 6.17. The molecule has 0 radical (unpaired) electrons. The van der Waals surface area contributed by atoms with Crippen molar-refractivity contribution < 1.29 is 4.74 Å². The van der Waals surface area contributed by atoms with Gasteiger partial charge in [-0.05, 0) is 60.7 Å². The highest BCUT2D eigenvalue weighted by molar-refractivity contribution is 7.13. The molecule has 1 aliphatic rings. The van der Waals surface area contributed by atoms with Crippen molar-refractivity contribution in [3.05, 3.63) is 48.1 Å². The number of benzene rings is 1. The zero-order valence-corrected chi connectivity index (χ0v) is 15.0. The predicted molar refractivity (Wildman–Crippen MR) is 103 cm³/mol. The third kappa shape index (κ3) is 3.41. The van der Waals surface area contributed by atoms with E-state index in [0.29, 0.717) is 6.04 Å². The van der Waals surface area contributed by atoms with Crippen LogP contribution in [0.15, 0.2) is 48.1 Å². The van der Waals surface area contributed by atoms with Gasteiger partial charge < -0.3 is 10.5 Å². The summed E-state index contributed by atoms with van der Waals surface area (Å²) in [6.45, 7) is 0. The maximum atomic E-state index is 6.40. The van der Waals surface area contributed by atoms with Gasteiger partial charge in [0.05, 0.1) is 6.10 Å². The normalized spacial score (nSPS) is 20.5. The second-order valence-corrected chi connectivity index (χ2v) is 7.12. The molecule has 0 aliphatic heterocycles. The minimum atomic E-state index is 0. The summed E-state index contributed by atoms with van der Waals surface area (Å²) in [5.74, 6) is 0.978. The minimum absolute atomic E-state index is 0. The largest absolute Gasteiger partial charge is 0.490 e. The molecule has 24 heavy (non-hydrogen) atoms. The standard InChI is InChI=1S/C19H20N2OS.ClH/c20-14-4-6-15(7-5-14)22-17-8-3-13-12-21-10-9-16(13)19(17)18-2-1-11-23-18;/h1-3,8-12,14-15H,4-7,20H2;1H. The van der Waals surface area contributed by atoms with Crippen molar-refractivity contribution in [2.45, 2.75) is 37.8 Å². The fourth-order valence-corrected chi connectivity index (χ4v) is 4.10. The van der Waals surface area contributed by atoms with Crippen LogP contribution < -0.4 is 10.5 Å². The van der Waals surface area contributed by atoms with E-state index in [4.69, 9.17) is 10.5 Å². The Bertz CT molecular complexity index is 798. The summed E-state index contributed by atoms with van der Waals surface area (Å²) in [5.41, 5.74) is 7.20. The highest BCUT2D eigenvalue weighted by Gasteiger charge is 2.22. The Morgan fingerprint density at radius 1 is 1.08 bits per heavy atom. The third-order valence-electron chi connectivity index (χ3n) is 4.56. The highest BCUT2D eigenvalue weighted by atomic mass is 35.5. The van der Waals surface area contributed by atoms with E-state index in [9.17, 15) is 0 Å². The number of thiophene rings is 1. The van der Waals surface area contributed by atoms with Crippen LogP contribution in [0.5, 0.6) is 5.75 Å². The smallest absolute Gasteiger partial charge is 0.129 e. The number of pyridine rings is 1. The van der Waals surface area contributed by atoms with Crippen LogP contribution in [0.2, 0.25) is 0 Å². The van der Waals surface area contributed by atoms with Crippen LogP contribution in [0.3, 0.4) is 0 Å². The van der Waals surface area contributed by atoms with Gasteiger partial charge in [-0.2, -0.15) is 0 Å². The van der Waals surface area contributed by atoms with Crippen molar-refractivity contribution in [1.82, 2.24) is 4.98 Å². The number of hydrogen-bond acceptors (Lipinski definition) is 4. The molecular weight excluding hydrogens is 340 g/mol. The second kappa shape index (κ2) is 7.51. The molecule has 4 rings (SSSR count). The number of halogens is 1. The molecule has 2 N–H and O–H groups in total. The first kappa shape index (κ1) is 17.2. The fourth-order valence-electron chi connectivity index (χ4n) is 3.31.